The summed E-state index contributed by atoms with van der Waals surface area (Å²) in [4.78, 5) is 12.7. The molecular formula is C47H18BF20NO2. The molecule has 0 aliphatic carbocycles. The fourth-order valence-electron chi connectivity index (χ4n) is 7.81. The second kappa shape index (κ2) is 19.5. The van der Waals surface area contributed by atoms with Crippen LogP contribution in [0.15, 0.2) is 97.2 Å². The van der Waals surface area contributed by atoms with Crippen molar-refractivity contribution >= 4 is 44.6 Å². The van der Waals surface area contributed by atoms with Gasteiger partial charge in [0.15, 0.2) is 76.0 Å². The lowest BCUT2D eigenvalue weighted by molar-refractivity contribution is -0.685. The Morgan fingerprint density at radius 3 is 1.01 bits per heavy atom. The first-order valence-electron chi connectivity index (χ1n) is 19.5. The lowest BCUT2D eigenvalue weighted by Gasteiger charge is -2.44. The van der Waals surface area contributed by atoms with E-state index in [0.29, 0.717) is 11.4 Å². The van der Waals surface area contributed by atoms with Crippen molar-refractivity contribution in [3.05, 3.63) is 219 Å². The topological polar surface area (TPSA) is 30.2 Å². The van der Waals surface area contributed by atoms with Crippen molar-refractivity contribution in [2.24, 2.45) is 0 Å². The third-order valence-electron chi connectivity index (χ3n) is 11.0. The van der Waals surface area contributed by atoms with Crippen LogP contribution in [0.5, 0.6) is 11.6 Å². The highest BCUT2D eigenvalue weighted by Crippen LogP contribution is 2.31. The number of rotatable bonds is 9. The van der Waals surface area contributed by atoms with E-state index in [-0.39, 0.29) is 12.3 Å². The van der Waals surface area contributed by atoms with Gasteiger partial charge in [-0.1, -0.05) is 66.7 Å². The van der Waals surface area contributed by atoms with Gasteiger partial charge < -0.3 is 4.74 Å². The van der Waals surface area contributed by atoms with Crippen LogP contribution in [0.1, 0.15) is 10.4 Å². The number of fused-ring (bicyclic) bond motifs is 1. The first kappa shape index (κ1) is 50.9. The Labute approximate surface area is 383 Å². The number of ether oxygens (including phenoxy) is 1. The number of carbonyl (C=O) groups is 1. The predicted molar refractivity (Wildman–Crippen MR) is 211 cm³/mol. The fourth-order valence-corrected chi connectivity index (χ4v) is 7.81. The molecule has 0 saturated carbocycles. The first-order chi connectivity index (χ1) is 33.5. The Bertz CT molecular complexity index is 3070. The van der Waals surface area contributed by atoms with E-state index in [4.69, 9.17) is 4.74 Å². The number of benzene rings is 7. The Hall–Kier alpha value is -7.92. The Balaban J connectivity index is 0.000000240. The molecule has 0 aliphatic heterocycles. The minimum atomic E-state index is -7.22. The van der Waals surface area contributed by atoms with Gasteiger partial charge in [0.2, 0.25) is 12.3 Å². The molecule has 0 N–H and O–H groups in total. The molecule has 3 nitrogen and oxygen atoms in total. The molecule has 71 heavy (non-hydrogen) atoms. The molecule has 8 aromatic rings. The van der Waals surface area contributed by atoms with Gasteiger partial charge in [0, 0.05) is 11.6 Å². The zero-order chi connectivity index (χ0) is 52.1. The van der Waals surface area contributed by atoms with Gasteiger partial charge in [-0.25, -0.2) is 87.8 Å². The molecule has 7 aromatic carbocycles. The van der Waals surface area contributed by atoms with E-state index in [1.807, 2.05) is 102 Å². The van der Waals surface area contributed by atoms with Crippen molar-refractivity contribution in [2.45, 2.75) is 6.54 Å². The maximum Gasteiger partial charge on any atom is 0.381 e. The highest BCUT2D eigenvalue weighted by molar-refractivity contribution is 7.20. The lowest BCUT2D eigenvalue weighted by Crippen LogP contribution is -2.81. The summed E-state index contributed by atoms with van der Waals surface area (Å²) in [6.07, 6.45) is -5.31. The number of pyridine rings is 1. The van der Waals surface area contributed by atoms with Gasteiger partial charge in [-0.15, -0.1) is 21.9 Å². The smallest absolute Gasteiger partial charge is 0.381 e. The number of hydrogen-bond donors (Lipinski definition) is 0. The van der Waals surface area contributed by atoms with Gasteiger partial charge in [-0.3, -0.25) is 4.79 Å². The largest absolute Gasteiger partial charge is 0.405 e. The molecule has 1 heterocycles. The summed E-state index contributed by atoms with van der Waals surface area (Å²) < 4.78 is 302. The van der Waals surface area contributed by atoms with Gasteiger partial charge in [0.25, 0.3) is 0 Å². The van der Waals surface area contributed by atoms with Crippen LogP contribution in [0.2, 0.25) is 0 Å². The summed E-state index contributed by atoms with van der Waals surface area (Å²) in [5.41, 5.74) is -13.6. The Morgan fingerprint density at radius 1 is 0.366 bits per heavy atom. The van der Waals surface area contributed by atoms with Gasteiger partial charge in [0.1, 0.15) is 58.4 Å². The van der Waals surface area contributed by atoms with E-state index in [9.17, 15) is 57.5 Å². The number of carbonyl (C=O) groups excluding carboxylic acids is 1. The predicted octanol–water partition coefficient (Wildman–Crippen LogP) is 10.6. The van der Waals surface area contributed by atoms with E-state index >= 15 is 35.1 Å². The fraction of sp³-hybridized carbons (Fsp3) is 0.0213. The van der Waals surface area contributed by atoms with Gasteiger partial charge in [-0.05, 0) is 23.6 Å². The van der Waals surface area contributed by atoms with Crippen LogP contribution >= 0.6 is 0 Å². The van der Waals surface area contributed by atoms with Crippen LogP contribution in [0.4, 0.5) is 87.8 Å². The lowest BCUT2D eigenvalue weighted by atomic mass is 9.12. The van der Waals surface area contributed by atoms with Crippen LogP contribution < -0.4 is 31.2 Å². The number of para-hydroxylation sites is 1. The highest BCUT2D eigenvalue weighted by atomic mass is 19.2. The molecule has 0 unspecified atom stereocenters. The molecule has 0 fully saturated rings. The molecule has 24 heteroatoms. The molecule has 0 saturated heterocycles. The van der Waals surface area contributed by atoms with Gasteiger partial charge >= 0.3 is 5.88 Å². The summed E-state index contributed by atoms with van der Waals surface area (Å²) in [5, 5.41) is 2.04. The van der Waals surface area contributed by atoms with Crippen molar-refractivity contribution in [1.29, 1.82) is 0 Å². The van der Waals surface area contributed by atoms with Crippen LogP contribution in [0.25, 0.3) is 10.8 Å². The summed E-state index contributed by atoms with van der Waals surface area (Å²) >= 11 is 0. The monoisotopic (exact) mass is 1020 g/mol. The van der Waals surface area contributed by atoms with Crippen molar-refractivity contribution in [3.63, 3.8) is 0 Å². The molecule has 0 bridgehead atoms. The number of nitrogens with zero attached hydrogens (tertiary/aromatic N) is 1. The van der Waals surface area contributed by atoms with Crippen LogP contribution in [0.3, 0.4) is 0 Å². The normalized spacial score (nSPS) is 11.5. The molecule has 0 radical (unpaired) electrons. The minimum absolute atomic E-state index is 0.0452. The first-order valence-corrected chi connectivity index (χ1v) is 19.5. The average molecular weight is 1020 g/mol. The molecule has 0 aliphatic rings. The van der Waals surface area contributed by atoms with Crippen molar-refractivity contribution < 1.29 is 102 Å². The number of Topliss-reactive ketones (excluding diaryl/α,β-unsaturated/α-hetero) is 1. The minimum Gasteiger partial charge on any atom is -0.405 e. The quantitative estimate of drug-likeness (QED) is 0.0360. The molecule has 0 spiro atoms. The molecule has 8 rings (SSSR count). The van der Waals surface area contributed by atoms with Gasteiger partial charge in [0.05, 0.1) is 5.39 Å². The second-order valence-electron chi connectivity index (χ2n) is 14.8. The summed E-state index contributed by atoms with van der Waals surface area (Å²) in [6.45, 7) is 0.219. The maximum atomic E-state index is 15.4. The van der Waals surface area contributed by atoms with Gasteiger partial charge in [-0.2, -0.15) is 4.57 Å². The summed E-state index contributed by atoms with van der Waals surface area (Å²) in [7, 11) is 0. The molecular weight excluding hydrogens is 1000 g/mol. The van der Waals surface area contributed by atoms with E-state index in [0.717, 1.165) is 16.5 Å². The molecule has 0 amide bonds. The summed E-state index contributed by atoms with van der Waals surface area (Å²) in [5.74, 6) is -70.0. The maximum absolute atomic E-state index is 15.4. The third kappa shape index (κ3) is 8.32. The van der Waals surface area contributed by atoms with Crippen LogP contribution in [-0.4, -0.2) is 11.9 Å². The number of halogens is 20. The zero-order valence-electron chi connectivity index (χ0n) is 34.3. The average Bonchev–Trinajstić information content (AvgIpc) is 3.37. The zero-order valence-corrected chi connectivity index (χ0v) is 34.3. The molecule has 0 atom stereocenters. The second-order valence-corrected chi connectivity index (χ2v) is 14.8. The van der Waals surface area contributed by atoms with E-state index in [2.05, 4.69) is 0 Å². The van der Waals surface area contributed by atoms with E-state index < -0.39 is 144 Å². The third-order valence-corrected chi connectivity index (χ3v) is 11.0. The number of aromatic nitrogens is 1. The Morgan fingerprint density at radius 2 is 0.662 bits per heavy atom. The number of ketones is 1. The van der Waals surface area contributed by atoms with E-state index in [1.54, 1.807) is 0 Å². The van der Waals surface area contributed by atoms with Crippen LogP contribution in [-0.2, 0) is 6.54 Å². The molecule has 1 aromatic heterocycles. The highest BCUT2D eigenvalue weighted by Gasteiger charge is 2.52. The SMILES string of the molecule is Fc1c(F)c(F)c([B-](c2c(F)c(F)c(F)c(F)c2F)(c2c(F)c(F)c(F)c(F)c2F)c2c(F)c(F)c(F)c(F)c2F)c(F)c1F.O=C(C[n+]1ccc2ccccc2c1Oc1ccccc1)c1ccccc1. The molecule has 366 valence electrons. The van der Waals surface area contributed by atoms with Crippen molar-refractivity contribution in [2.75, 3.05) is 0 Å². The Kier molecular flexibility index (Phi) is 14.0. The number of hydrogen-bond acceptors (Lipinski definition) is 2. The van der Waals surface area contributed by atoms with E-state index in [1.165, 1.54) is 0 Å². The van der Waals surface area contributed by atoms with Crippen molar-refractivity contribution in [3.8, 4) is 11.6 Å². The summed E-state index contributed by atoms with van der Waals surface area (Å²) in [6, 6.07) is 29.0. The van der Waals surface area contributed by atoms with Crippen LogP contribution in [0, 0.1) is 116 Å². The standard InChI is InChI=1S/C24BF20.C23H18NO2/c26-5-1(6(27)14(35)21(42)13(5)34)25(2-7(28)15(36)22(43)16(37)8(2)29,3-9(30)17(38)23(44)18(39)10(3)31)4-11(32)19(40)24(45)20(41)12(4)33;25-22(19-10-3-1-4-11-19)17-24-16-15-18-9-7-8-14-21(18)23(24)26-20-12-5-2-6-13-20/h;1-16H,17H2/q-1;+1. The van der Waals surface area contributed by atoms with Crippen molar-refractivity contribution in [1.82, 2.24) is 0 Å².